The first-order chi connectivity index (χ1) is 11.9. The number of carboxylic acid groups (broad SMARTS) is 1. The second-order valence-electron chi connectivity index (χ2n) is 5.52. The van der Waals surface area contributed by atoms with Gasteiger partial charge in [-0.05, 0) is 30.2 Å². The first kappa shape index (κ1) is 18.1. The van der Waals surface area contributed by atoms with Gasteiger partial charge < -0.3 is 29.4 Å². The Hall–Kier alpha value is -3.29. The highest BCUT2D eigenvalue weighted by atomic mass is 16.4. The minimum Gasteiger partial charge on any atom is -0.548 e. The molecule has 2 N–H and O–H groups in total. The molecular formula is C17H17N2O6-. The number of aliphatic carboxylic acids is 1. The third kappa shape index (κ3) is 4.84. The lowest BCUT2D eigenvalue weighted by atomic mass is 10.0. The van der Waals surface area contributed by atoms with E-state index in [1.807, 2.05) is 0 Å². The standard InChI is InChI=1S/C17H18N2O6/c1-10(2)14(17(22)23)19-15(20)12(9-11-5-3-7-24-11)18-16(21)13-6-4-8-25-13/h3-10,14H,1-2H3,(H,18,21)(H,19,20)(H,22,23)/p-1/b12-9+/t14-/m1/s1. The van der Waals surface area contributed by atoms with Crippen LogP contribution in [-0.4, -0.2) is 23.8 Å². The molecule has 0 fully saturated rings. The zero-order valence-corrected chi connectivity index (χ0v) is 13.6. The van der Waals surface area contributed by atoms with Gasteiger partial charge in [-0.1, -0.05) is 13.8 Å². The Kier molecular flexibility index (Phi) is 5.78. The fraction of sp³-hybridized carbons (Fsp3) is 0.235. The number of hydrogen-bond donors (Lipinski definition) is 2. The summed E-state index contributed by atoms with van der Waals surface area (Å²) >= 11 is 0. The smallest absolute Gasteiger partial charge is 0.291 e. The summed E-state index contributed by atoms with van der Waals surface area (Å²) in [6.45, 7) is 3.25. The molecule has 2 aromatic rings. The van der Waals surface area contributed by atoms with Gasteiger partial charge in [-0.25, -0.2) is 0 Å². The first-order valence-electron chi connectivity index (χ1n) is 7.50. The lowest BCUT2D eigenvalue weighted by Gasteiger charge is -2.23. The Morgan fingerprint density at radius 3 is 2.32 bits per heavy atom. The number of furan rings is 2. The lowest BCUT2D eigenvalue weighted by molar-refractivity contribution is -0.309. The normalized spacial score (nSPS) is 12.7. The molecule has 2 rings (SSSR count). The van der Waals surface area contributed by atoms with Crippen molar-refractivity contribution in [3.8, 4) is 0 Å². The largest absolute Gasteiger partial charge is 0.548 e. The second kappa shape index (κ2) is 8.00. The highest BCUT2D eigenvalue weighted by Crippen LogP contribution is 2.09. The molecule has 0 radical (unpaired) electrons. The summed E-state index contributed by atoms with van der Waals surface area (Å²) in [7, 11) is 0. The van der Waals surface area contributed by atoms with E-state index in [0.29, 0.717) is 5.76 Å². The van der Waals surface area contributed by atoms with E-state index in [9.17, 15) is 19.5 Å². The maximum atomic E-state index is 12.4. The van der Waals surface area contributed by atoms with Crippen LogP contribution in [0.25, 0.3) is 6.08 Å². The predicted octanol–water partition coefficient (Wildman–Crippen LogP) is 0.534. The predicted molar refractivity (Wildman–Crippen MR) is 84.6 cm³/mol. The van der Waals surface area contributed by atoms with Crippen LogP contribution in [0.15, 0.2) is 51.3 Å². The summed E-state index contributed by atoms with van der Waals surface area (Å²) in [5, 5.41) is 15.9. The topological polar surface area (TPSA) is 125 Å². The van der Waals surface area contributed by atoms with Crippen molar-refractivity contribution in [2.24, 2.45) is 5.92 Å². The number of amides is 2. The van der Waals surface area contributed by atoms with Crippen LogP contribution >= 0.6 is 0 Å². The molecule has 8 heteroatoms. The van der Waals surface area contributed by atoms with E-state index in [0.717, 1.165) is 0 Å². The SMILES string of the molecule is CC(C)[C@@H](NC(=O)/C(=C\c1ccco1)NC(=O)c1ccco1)C(=O)[O-]. The van der Waals surface area contributed by atoms with Crippen molar-refractivity contribution < 1.29 is 28.3 Å². The zero-order valence-electron chi connectivity index (χ0n) is 13.6. The van der Waals surface area contributed by atoms with Crippen molar-refractivity contribution in [3.63, 3.8) is 0 Å². The number of hydrogen-bond acceptors (Lipinski definition) is 6. The summed E-state index contributed by atoms with van der Waals surface area (Å²) in [5.74, 6) is -2.97. The monoisotopic (exact) mass is 345 g/mol. The third-order valence-electron chi connectivity index (χ3n) is 3.27. The second-order valence-corrected chi connectivity index (χ2v) is 5.52. The Balaban J connectivity index is 2.23. The third-order valence-corrected chi connectivity index (χ3v) is 3.27. The van der Waals surface area contributed by atoms with Gasteiger partial charge in [0.15, 0.2) is 5.76 Å². The van der Waals surface area contributed by atoms with Crippen LogP contribution in [-0.2, 0) is 9.59 Å². The van der Waals surface area contributed by atoms with Crippen LogP contribution in [0.1, 0.15) is 30.2 Å². The van der Waals surface area contributed by atoms with Gasteiger partial charge in [-0.3, -0.25) is 9.59 Å². The molecule has 25 heavy (non-hydrogen) atoms. The number of rotatable bonds is 7. The van der Waals surface area contributed by atoms with E-state index in [4.69, 9.17) is 8.83 Å². The summed E-state index contributed by atoms with van der Waals surface area (Å²) in [6, 6.07) is 4.91. The summed E-state index contributed by atoms with van der Waals surface area (Å²) < 4.78 is 10.1. The molecule has 0 aliphatic rings. The van der Waals surface area contributed by atoms with Gasteiger partial charge in [0.2, 0.25) is 0 Å². The molecule has 8 nitrogen and oxygen atoms in total. The summed E-state index contributed by atoms with van der Waals surface area (Å²) in [4.78, 5) is 35.7. The van der Waals surface area contributed by atoms with E-state index in [1.165, 1.54) is 30.7 Å². The van der Waals surface area contributed by atoms with Crippen LogP contribution in [0.3, 0.4) is 0 Å². The van der Waals surface area contributed by atoms with Gasteiger partial charge in [0.25, 0.3) is 11.8 Å². The van der Waals surface area contributed by atoms with Gasteiger partial charge in [0, 0.05) is 6.08 Å². The summed E-state index contributed by atoms with van der Waals surface area (Å²) in [6.07, 6.45) is 3.99. The number of carbonyl (C=O) groups excluding carboxylic acids is 3. The molecule has 0 bridgehead atoms. The Morgan fingerprint density at radius 1 is 1.12 bits per heavy atom. The fourth-order valence-electron chi connectivity index (χ4n) is 1.98. The van der Waals surface area contributed by atoms with Crippen molar-refractivity contribution in [1.82, 2.24) is 10.6 Å². The van der Waals surface area contributed by atoms with E-state index < -0.39 is 29.7 Å². The van der Waals surface area contributed by atoms with E-state index in [-0.39, 0.29) is 11.5 Å². The van der Waals surface area contributed by atoms with Crippen molar-refractivity contribution in [2.75, 3.05) is 0 Å². The molecule has 132 valence electrons. The Morgan fingerprint density at radius 2 is 1.80 bits per heavy atom. The maximum absolute atomic E-state index is 12.4. The van der Waals surface area contributed by atoms with Crippen LogP contribution in [0.2, 0.25) is 0 Å². The molecular weight excluding hydrogens is 328 g/mol. The van der Waals surface area contributed by atoms with Gasteiger partial charge in [0.05, 0.1) is 24.5 Å². The van der Waals surface area contributed by atoms with Crippen molar-refractivity contribution in [1.29, 1.82) is 0 Å². The molecule has 1 atom stereocenters. The van der Waals surface area contributed by atoms with E-state index in [2.05, 4.69) is 10.6 Å². The average molecular weight is 345 g/mol. The fourth-order valence-corrected chi connectivity index (χ4v) is 1.98. The van der Waals surface area contributed by atoms with Crippen LogP contribution < -0.4 is 15.7 Å². The highest BCUT2D eigenvalue weighted by molar-refractivity contribution is 6.05. The van der Waals surface area contributed by atoms with Crippen molar-refractivity contribution in [2.45, 2.75) is 19.9 Å². The molecule has 0 unspecified atom stereocenters. The molecule has 0 saturated heterocycles. The van der Waals surface area contributed by atoms with Gasteiger partial charge in [0.1, 0.15) is 11.5 Å². The molecule has 0 spiro atoms. The number of carbonyl (C=O) groups is 3. The van der Waals surface area contributed by atoms with Crippen molar-refractivity contribution in [3.05, 3.63) is 54.0 Å². The minimum absolute atomic E-state index is 0.00143. The molecule has 0 aliphatic heterocycles. The van der Waals surface area contributed by atoms with Crippen LogP contribution in [0.4, 0.5) is 0 Å². The summed E-state index contributed by atoms with van der Waals surface area (Å²) in [5.41, 5.74) is -0.191. The van der Waals surface area contributed by atoms with Crippen molar-refractivity contribution >= 4 is 23.9 Å². The lowest BCUT2D eigenvalue weighted by Crippen LogP contribution is -2.52. The highest BCUT2D eigenvalue weighted by Gasteiger charge is 2.22. The first-order valence-corrected chi connectivity index (χ1v) is 7.50. The van der Waals surface area contributed by atoms with Gasteiger partial charge >= 0.3 is 0 Å². The Bertz CT molecular complexity index is 759. The molecule has 0 aliphatic carbocycles. The molecule has 2 aromatic heterocycles. The van der Waals surface area contributed by atoms with Crippen LogP contribution in [0, 0.1) is 5.92 Å². The Labute approximate surface area is 143 Å². The zero-order chi connectivity index (χ0) is 18.4. The molecule has 0 aromatic carbocycles. The number of nitrogens with one attached hydrogen (secondary N) is 2. The quantitative estimate of drug-likeness (QED) is 0.706. The number of carboxylic acids is 1. The molecule has 2 amide bonds. The van der Waals surface area contributed by atoms with Gasteiger partial charge in [-0.15, -0.1) is 0 Å². The minimum atomic E-state index is -1.42. The van der Waals surface area contributed by atoms with Crippen LogP contribution in [0.5, 0.6) is 0 Å². The average Bonchev–Trinajstić information content (AvgIpc) is 3.24. The van der Waals surface area contributed by atoms with E-state index in [1.54, 1.807) is 26.0 Å². The molecule has 0 saturated carbocycles. The van der Waals surface area contributed by atoms with Gasteiger partial charge in [-0.2, -0.15) is 0 Å². The van der Waals surface area contributed by atoms with E-state index >= 15 is 0 Å². The molecule has 2 heterocycles. The maximum Gasteiger partial charge on any atom is 0.291 e.